The summed E-state index contributed by atoms with van der Waals surface area (Å²) in [6.07, 6.45) is 9.62. The molecule has 4 rings (SSSR count). The van der Waals surface area contributed by atoms with Crippen LogP contribution < -0.4 is 0 Å². The maximum absolute atomic E-state index is 2.43. The van der Waals surface area contributed by atoms with E-state index in [1.54, 1.807) is 11.1 Å². The Morgan fingerprint density at radius 2 is 1.42 bits per heavy atom. The molecular weight excluding hydrogens is 144 g/mol. The Morgan fingerprint density at radius 1 is 0.833 bits per heavy atom. The van der Waals surface area contributed by atoms with Crippen molar-refractivity contribution in [3.8, 4) is 0 Å². The lowest BCUT2D eigenvalue weighted by atomic mass is 9.96. The van der Waals surface area contributed by atoms with Gasteiger partial charge in [0.05, 0.1) is 0 Å². The Labute approximate surface area is 73.7 Å². The fourth-order valence-electron chi connectivity index (χ4n) is 2.81. The highest BCUT2D eigenvalue weighted by molar-refractivity contribution is 5.40. The van der Waals surface area contributed by atoms with E-state index < -0.39 is 0 Å². The molecule has 4 aliphatic carbocycles. The van der Waals surface area contributed by atoms with Gasteiger partial charge in [0.25, 0.3) is 0 Å². The van der Waals surface area contributed by atoms with E-state index in [1.807, 2.05) is 0 Å². The Kier molecular flexibility index (Phi) is 1.08. The molecule has 0 heteroatoms. The Morgan fingerprint density at radius 3 is 2.00 bits per heavy atom. The van der Waals surface area contributed by atoms with Crippen LogP contribution in [0.3, 0.4) is 0 Å². The molecule has 12 heavy (non-hydrogen) atoms. The minimum atomic E-state index is 0.616. The quantitative estimate of drug-likeness (QED) is 0.475. The molecular formula is C12H14. The van der Waals surface area contributed by atoms with Gasteiger partial charge in [-0.1, -0.05) is 35.5 Å². The molecule has 0 aromatic heterocycles. The van der Waals surface area contributed by atoms with Crippen LogP contribution in [-0.2, 0) is 0 Å². The summed E-state index contributed by atoms with van der Waals surface area (Å²) < 4.78 is 0. The van der Waals surface area contributed by atoms with E-state index in [0.29, 0.717) is 5.92 Å². The van der Waals surface area contributed by atoms with Crippen molar-refractivity contribution in [1.82, 2.24) is 0 Å². The first-order valence-corrected chi connectivity index (χ1v) is 4.83. The van der Waals surface area contributed by atoms with Crippen LogP contribution in [0.1, 0.15) is 13.8 Å². The molecule has 0 aromatic carbocycles. The second-order valence-corrected chi connectivity index (χ2v) is 4.34. The third kappa shape index (κ3) is 0.639. The molecule has 0 aromatic rings. The van der Waals surface area contributed by atoms with Crippen molar-refractivity contribution in [2.24, 2.45) is 23.7 Å². The summed E-state index contributed by atoms with van der Waals surface area (Å²) in [6, 6.07) is 0. The molecule has 0 N–H and O–H groups in total. The maximum Gasteiger partial charge on any atom is 0.0157 e. The van der Waals surface area contributed by atoms with E-state index in [-0.39, 0.29) is 0 Å². The van der Waals surface area contributed by atoms with Crippen molar-refractivity contribution in [3.63, 3.8) is 0 Å². The predicted molar refractivity (Wildman–Crippen MR) is 50.6 cm³/mol. The van der Waals surface area contributed by atoms with Crippen LogP contribution >= 0.6 is 0 Å². The first-order valence-electron chi connectivity index (χ1n) is 4.83. The molecule has 4 aliphatic rings. The summed E-state index contributed by atoms with van der Waals surface area (Å²) in [6.45, 7) is 4.61. The molecule has 62 valence electrons. The van der Waals surface area contributed by atoms with Gasteiger partial charge >= 0.3 is 0 Å². The van der Waals surface area contributed by atoms with Gasteiger partial charge in [-0.25, -0.2) is 0 Å². The molecule has 0 radical (unpaired) electrons. The summed E-state index contributed by atoms with van der Waals surface area (Å²) in [4.78, 5) is 0. The average Bonchev–Trinajstić information content (AvgIpc) is 2.76. The van der Waals surface area contributed by atoms with Crippen molar-refractivity contribution < 1.29 is 0 Å². The number of allylic oxidation sites excluding steroid dienone is 6. The molecule has 0 spiro atoms. The topological polar surface area (TPSA) is 0 Å². The van der Waals surface area contributed by atoms with Gasteiger partial charge in [0, 0.05) is 5.92 Å². The fourth-order valence-corrected chi connectivity index (χ4v) is 2.81. The fraction of sp³-hybridized carbons (Fsp3) is 0.500. The zero-order valence-corrected chi connectivity index (χ0v) is 7.62. The molecule has 1 fully saturated rings. The van der Waals surface area contributed by atoms with Crippen molar-refractivity contribution >= 4 is 0 Å². The zero-order valence-electron chi connectivity index (χ0n) is 7.62. The van der Waals surface area contributed by atoms with Crippen LogP contribution in [0.15, 0.2) is 35.5 Å². The molecule has 0 amide bonds. The highest BCUT2D eigenvalue weighted by Crippen LogP contribution is 2.57. The lowest BCUT2D eigenvalue weighted by Gasteiger charge is -2.09. The SMILES string of the molecule is CC1=C(C)C2C3C=CC1C=CC32. The third-order valence-electron chi connectivity index (χ3n) is 3.84. The molecule has 2 atom stereocenters. The van der Waals surface area contributed by atoms with Crippen LogP contribution in [0, 0.1) is 23.7 Å². The van der Waals surface area contributed by atoms with Crippen LogP contribution in [0.25, 0.3) is 0 Å². The minimum Gasteiger partial charge on any atom is -0.0833 e. The molecule has 0 saturated heterocycles. The van der Waals surface area contributed by atoms with Crippen LogP contribution in [0.5, 0.6) is 0 Å². The van der Waals surface area contributed by atoms with Crippen LogP contribution in [-0.4, -0.2) is 0 Å². The zero-order chi connectivity index (χ0) is 8.29. The normalized spacial score (nSPS) is 47.8. The lowest BCUT2D eigenvalue weighted by molar-refractivity contribution is 0.880. The number of rotatable bonds is 0. The molecule has 2 unspecified atom stereocenters. The highest BCUT2D eigenvalue weighted by atomic mass is 14.5. The average molecular weight is 158 g/mol. The Bertz CT molecular complexity index is 297. The third-order valence-corrected chi connectivity index (χ3v) is 3.84. The minimum absolute atomic E-state index is 0.616. The van der Waals surface area contributed by atoms with Crippen LogP contribution in [0.4, 0.5) is 0 Å². The molecule has 4 bridgehead atoms. The van der Waals surface area contributed by atoms with E-state index in [2.05, 4.69) is 38.2 Å². The van der Waals surface area contributed by atoms with Gasteiger partial charge in [-0.15, -0.1) is 0 Å². The van der Waals surface area contributed by atoms with Gasteiger partial charge < -0.3 is 0 Å². The summed E-state index contributed by atoms with van der Waals surface area (Å²) in [5, 5.41) is 0. The second kappa shape index (κ2) is 1.93. The van der Waals surface area contributed by atoms with E-state index >= 15 is 0 Å². The van der Waals surface area contributed by atoms with Crippen molar-refractivity contribution in [1.29, 1.82) is 0 Å². The van der Waals surface area contributed by atoms with Gasteiger partial charge in [-0.2, -0.15) is 0 Å². The van der Waals surface area contributed by atoms with Crippen LogP contribution in [0.2, 0.25) is 0 Å². The predicted octanol–water partition coefficient (Wildman–Crippen LogP) is 2.94. The van der Waals surface area contributed by atoms with Crippen molar-refractivity contribution in [3.05, 3.63) is 35.5 Å². The van der Waals surface area contributed by atoms with Gasteiger partial charge in [0.1, 0.15) is 0 Å². The summed E-state index contributed by atoms with van der Waals surface area (Å²) in [7, 11) is 0. The summed E-state index contributed by atoms with van der Waals surface area (Å²) in [5.41, 5.74) is 3.25. The maximum atomic E-state index is 2.43. The number of hydrogen-bond donors (Lipinski definition) is 0. The van der Waals surface area contributed by atoms with E-state index in [9.17, 15) is 0 Å². The lowest BCUT2D eigenvalue weighted by Crippen LogP contribution is -1.95. The van der Waals surface area contributed by atoms with Gasteiger partial charge in [-0.05, 0) is 31.6 Å². The first-order chi connectivity index (χ1) is 5.79. The van der Waals surface area contributed by atoms with Gasteiger partial charge in [0.2, 0.25) is 0 Å². The molecule has 0 aliphatic heterocycles. The molecule has 1 saturated carbocycles. The van der Waals surface area contributed by atoms with Gasteiger partial charge in [0.15, 0.2) is 0 Å². The summed E-state index contributed by atoms with van der Waals surface area (Å²) in [5.74, 6) is 3.18. The second-order valence-electron chi connectivity index (χ2n) is 4.34. The van der Waals surface area contributed by atoms with Crippen molar-refractivity contribution in [2.75, 3.05) is 0 Å². The number of hydrogen-bond acceptors (Lipinski definition) is 0. The summed E-state index contributed by atoms with van der Waals surface area (Å²) >= 11 is 0. The smallest absolute Gasteiger partial charge is 0.0157 e. The molecule has 0 heterocycles. The Balaban J connectivity index is 2.20. The first kappa shape index (κ1) is 6.71. The van der Waals surface area contributed by atoms with Crippen molar-refractivity contribution in [2.45, 2.75) is 13.8 Å². The van der Waals surface area contributed by atoms with E-state index in [0.717, 1.165) is 17.8 Å². The Hall–Kier alpha value is -0.780. The highest BCUT2D eigenvalue weighted by Gasteiger charge is 2.50. The standard InChI is InChI=1S/C12H14/c1-7-8(2)12-10-5-3-9(7)4-6-11(10)12/h3-6,9-12H,1-2H3. The largest absolute Gasteiger partial charge is 0.0833 e. The monoisotopic (exact) mass is 158 g/mol. The molecule has 0 nitrogen and oxygen atoms in total. The van der Waals surface area contributed by atoms with E-state index in [4.69, 9.17) is 0 Å². The van der Waals surface area contributed by atoms with E-state index in [1.165, 1.54) is 0 Å². The van der Waals surface area contributed by atoms with Gasteiger partial charge in [-0.3, -0.25) is 0 Å².